The van der Waals surface area contributed by atoms with Crippen LogP contribution in [0.5, 0.6) is 0 Å². The van der Waals surface area contributed by atoms with Crippen molar-refractivity contribution in [2.45, 2.75) is 6.42 Å². The number of hydrogen-bond donors (Lipinski definition) is 1. The summed E-state index contributed by atoms with van der Waals surface area (Å²) in [7, 11) is 0. The maximum absolute atomic E-state index is 12.2. The molecule has 148 valence electrons. The predicted octanol–water partition coefficient (Wildman–Crippen LogP) is 1.93. The maximum atomic E-state index is 12.2. The van der Waals surface area contributed by atoms with Crippen molar-refractivity contribution in [1.29, 1.82) is 0 Å². The molecule has 0 saturated carbocycles. The molecule has 0 radical (unpaired) electrons. The molecule has 3 aliphatic rings. The van der Waals surface area contributed by atoms with Crippen LogP contribution in [0.2, 0.25) is 0 Å². The molecule has 5 nitrogen and oxygen atoms in total. The molecule has 0 aromatic heterocycles. The molecule has 0 bridgehead atoms. The number of morpholine rings is 1. The Labute approximate surface area is 169 Å². The summed E-state index contributed by atoms with van der Waals surface area (Å²) in [6, 6.07) is 8.66. The highest BCUT2D eigenvalue weighted by Crippen LogP contribution is 2.23. The zero-order valence-corrected chi connectivity index (χ0v) is 16.3. The van der Waals surface area contributed by atoms with Gasteiger partial charge in [0.1, 0.15) is 5.76 Å². The minimum atomic E-state index is -0.400. The SMILES string of the molecule is O=C(NCCN1CCOCC1)OC1=CCc2c(ccc3c4c(ccc23)=CC=C4)=C1. The molecule has 2 aromatic rings. The van der Waals surface area contributed by atoms with Gasteiger partial charge in [-0.1, -0.05) is 42.5 Å². The molecule has 1 saturated heterocycles. The zero-order chi connectivity index (χ0) is 19.6. The van der Waals surface area contributed by atoms with Crippen molar-refractivity contribution >= 4 is 35.1 Å². The van der Waals surface area contributed by atoms with Crippen molar-refractivity contribution in [1.82, 2.24) is 10.2 Å². The van der Waals surface area contributed by atoms with Gasteiger partial charge in [0.05, 0.1) is 13.2 Å². The quantitative estimate of drug-likeness (QED) is 0.870. The molecule has 1 fully saturated rings. The van der Waals surface area contributed by atoms with Gasteiger partial charge in [-0.3, -0.25) is 4.90 Å². The number of amides is 1. The van der Waals surface area contributed by atoms with Gasteiger partial charge in [-0.05, 0) is 50.9 Å². The number of nitrogens with one attached hydrogen (secondary N) is 1. The molecular weight excluding hydrogens is 364 g/mol. The number of alkyl carbamates (subject to hydrolysis) is 1. The van der Waals surface area contributed by atoms with Crippen molar-refractivity contribution in [2.75, 3.05) is 39.4 Å². The normalized spacial score (nSPS) is 17.7. The number of fused-ring (bicyclic) bond motifs is 5. The molecule has 0 atom stereocenters. The van der Waals surface area contributed by atoms with Crippen LogP contribution in [-0.2, 0) is 15.9 Å². The van der Waals surface area contributed by atoms with E-state index >= 15 is 0 Å². The third-order valence-electron chi connectivity index (χ3n) is 5.78. The maximum Gasteiger partial charge on any atom is 0.412 e. The second-order valence-corrected chi connectivity index (χ2v) is 7.55. The first kappa shape index (κ1) is 18.2. The lowest BCUT2D eigenvalue weighted by Crippen LogP contribution is -2.41. The fourth-order valence-electron chi connectivity index (χ4n) is 4.24. The van der Waals surface area contributed by atoms with Crippen LogP contribution >= 0.6 is 0 Å². The van der Waals surface area contributed by atoms with Crippen LogP contribution in [0.3, 0.4) is 0 Å². The summed E-state index contributed by atoms with van der Waals surface area (Å²) >= 11 is 0. The number of ether oxygens (including phenoxy) is 2. The summed E-state index contributed by atoms with van der Waals surface area (Å²) in [6.45, 7) is 4.74. The number of nitrogens with zero attached hydrogens (tertiary/aromatic N) is 1. The standard InChI is InChI=1S/C24H24N2O3/c27-24(25-10-11-26-12-14-28-15-13-26)29-19-6-9-21-18(16-19)5-8-22-20-3-1-2-17(20)4-7-23(21)22/h1-8,16H,9-15H2,(H,25,27). The third-order valence-corrected chi connectivity index (χ3v) is 5.78. The second-order valence-electron chi connectivity index (χ2n) is 7.55. The van der Waals surface area contributed by atoms with Crippen LogP contribution in [-0.4, -0.2) is 50.4 Å². The van der Waals surface area contributed by atoms with Crippen LogP contribution in [0, 0.1) is 0 Å². The fourth-order valence-corrected chi connectivity index (χ4v) is 4.24. The van der Waals surface area contributed by atoms with Crippen molar-refractivity contribution in [3.63, 3.8) is 0 Å². The van der Waals surface area contributed by atoms with E-state index in [-0.39, 0.29) is 0 Å². The summed E-state index contributed by atoms with van der Waals surface area (Å²) in [6.07, 6.45) is 10.7. The van der Waals surface area contributed by atoms with E-state index in [4.69, 9.17) is 9.47 Å². The molecular formula is C24H24N2O3. The highest BCUT2D eigenvalue weighted by Gasteiger charge is 2.14. The Kier molecular flexibility index (Phi) is 4.92. The average molecular weight is 388 g/mol. The van der Waals surface area contributed by atoms with Crippen LogP contribution in [0.25, 0.3) is 29.0 Å². The van der Waals surface area contributed by atoms with Gasteiger partial charge in [0.25, 0.3) is 0 Å². The van der Waals surface area contributed by atoms with Gasteiger partial charge < -0.3 is 14.8 Å². The molecule has 1 amide bonds. The van der Waals surface area contributed by atoms with Gasteiger partial charge in [0.15, 0.2) is 0 Å². The Morgan fingerprint density at radius 3 is 2.83 bits per heavy atom. The van der Waals surface area contributed by atoms with E-state index in [0.717, 1.165) is 44.5 Å². The summed E-state index contributed by atoms with van der Waals surface area (Å²) in [5.41, 5.74) is 2.57. The molecule has 5 heteroatoms. The van der Waals surface area contributed by atoms with Gasteiger partial charge in [-0.25, -0.2) is 4.79 Å². The molecule has 1 heterocycles. The predicted molar refractivity (Wildman–Crippen MR) is 115 cm³/mol. The highest BCUT2D eigenvalue weighted by atomic mass is 16.6. The zero-order valence-electron chi connectivity index (χ0n) is 16.3. The molecule has 5 rings (SSSR count). The smallest absolute Gasteiger partial charge is 0.411 e. The van der Waals surface area contributed by atoms with Gasteiger partial charge >= 0.3 is 6.09 Å². The van der Waals surface area contributed by atoms with E-state index < -0.39 is 6.09 Å². The van der Waals surface area contributed by atoms with Crippen LogP contribution < -0.4 is 15.8 Å². The first-order chi connectivity index (χ1) is 14.3. The molecule has 2 aliphatic carbocycles. The lowest BCUT2D eigenvalue weighted by atomic mass is 9.94. The number of carbonyl (C=O) groups is 1. The summed E-state index contributed by atoms with van der Waals surface area (Å²) < 4.78 is 10.9. The summed E-state index contributed by atoms with van der Waals surface area (Å²) in [5.74, 6) is 0.607. The van der Waals surface area contributed by atoms with Crippen LogP contribution in [0.4, 0.5) is 4.79 Å². The Morgan fingerprint density at radius 2 is 1.93 bits per heavy atom. The lowest BCUT2D eigenvalue weighted by Gasteiger charge is -2.26. The van der Waals surface area contributed by atoms with Gasteiger partial charge in [0.2, 0.25) is 0 Å². The van der Waals surface area contributed by atoms with Crippen LogP contribution in [0.1, 0.15) is 11.1 Å². The minimum Gasteiger partial charge on any atom is -0.411 e. The first-order valence-electron chi connectivity index (χ1n) is 10.2. The largest absolute Gasteiger partial charge is 0.412 e. The van der Waals surface area contributed by atoms with Crippen molar-refractivity contribution in [3.05, 3.63) is 63.7 Å². The Bertz CT molecular complexity index is 1140. The molecule has 29 heavy (non-hydrogen) atoms. The van der Waals surface area contributed by atoms with E-state index in [1.807, 2.05) is 12.2 Å². The first-order valence-corrected chi connectivity index (χ1v) is 10.2. The van der Waals surface area contributed by atoms with E-state index in [1.165, 1.54) is 27.1 Å². The topological polar surface area (TPSA) is 50.8 Å². The molecule has 2 aromatic carbocycles. The number of rotatable bonds is 4. The Morgan fingerprint density at radius 1 is 1.10 bits per heavy atom. The monoisotopic (exact) mass is 388 g/mol. The average Bonchev–Trinajstić information content (AvgIpc) is 3.23. The number of hydrogen-bond acceptors (Lipinski definition) is 4. The Balaban J connectivity index is 1.26. The van der Waals surface area contributed by atoms with Gasteiger partial charge in [-0.2, -0.15) is 0 Å². The van der Waals surface area contributed by atoms with Gasteiger partial charge in [-0.15, -0.1) is 0 Å². The molecule has 1 N–H and O–H groups in total. The summed E-state index contributed by atoms with van der Waals surface area (Å²) in [4.78, 5) is 14.4. The minimum absolute atomic E-state index is 0.400. The van der Waals surface area contributed by atoms with Crippen molar-refractivity contribution < 1.29 is 14.3 Å². The van der Waals surface area contributed by atoms with E-state index in [0.29, 0.717) is 12.3 Å². The van der Waals surface area contributed by atoms with Crippen molar-refractivity contribution in [2.24, 2.45) is 0 Å². The van der Waals surface area contributed by atoms with Gasteiger partial charge in [0, 0.05) is 26.2 Å². The van der Waals surface area contributed by atoms with E-state index in [1.54, 1.807) is 0 Å². The highest BCUT2D eigenvalue weighted by molar-refractivity contribution is 5.96. The van der Waals surface area contributed by atoms with E-state index in [9.17, 15) is 4.79 Å². The number of carbonyl (C=O) groups excluding carboxylic acids is 1. The van der Waals surface area contributed by atoms with E-state index in [2.05, 4.69) is 52.7 Å². The fraction of sp³-hybridized carbons (Fsp3) is 0.292. The number of benzene rings is 2. The molecule has 1 aliphatic heterocycles. The Hall–Kier alpha value is -2.89. The third kappa shape index (κ3) is 3.71. The second kappa shape index (κ2) is 7.85. The molecule has 0 spiro atoms. The summed E-state index contributed by atoms with van der Waals surface area (Å²) in [5, 5.41) is 7.77. The molecule has 0 unspecified atom stereocenters. The van der Waals surface area contributed by atoms with Crippen LogP contribution in [0.15, 0.2) is 42.2 Å². The van der Waals surface area contributed by atoms with Crippen molar-refractivity contribution in [3.8, 4) is 0 Å². The number of allylic oxidation sites excluding steroid dienone is 3. The lowest BCUT2D eigenvalue weighted by molar-refractivity contribution is 0.0384.